The lowest BCUT2D eigenvalue weighted by molar-refractivity contribution is -0.137. The van der Waals surface area contributed by atoms with Crippen molar-refractivity contribution in [2.45, 2.75) is 51.1 Å². The van der Waals surface area contributed by atoms with Crippen molar-refractivity contribution in [1.82, 2.24) is 15.1 Å². The molecule has 2 aliphatic heterocycles. The molecule has 3 amide bonds. The molecule has 21 heavy (non-hydrogen) atoms. The van der Waals surface area contributed by atoms with Crippen molar-refractivity contribution in [2.24, 2.45) is 0 Å². The Morgan fingerprint density at radius 3 is 2.76 bits per heavy atom. The van der Waals surface area contributed by atoms with E-state index in [1.165, 1.54) is 0 Å². The van der Waals surface area contributed by atoms with Crippen LogP contribution in [0.4, 0.5) is 4.79 Å². The first-order chi connectivity index (χ1) is 10.0. The fourth-order valence-electron chi connectivity index (χ4n) is 3.05. The molecule has 2 heterocycles. The molecule has 0 aromatic rings. The van der Waals surface area contributed by atoms with E-state index in [1.807, 2.05) is 0 Å². The van der Waals surface area contributed by atoms with E-state index in [9.17, 15) is 14.4 Å². The lowest BCUT2D eigenvalue weighted by Crippen LogP contribution is -2.60. The van der Waals surface area contributed by atoms with Crippen molar-refractivity contribution in [1.29, 1.82) is 0 Å². The Morgan fingerprint density at radius 1 is 1.29 bits per heavy atom. The molecule has 0 saturated carbocycles. The average molecular weight is 297 g/mol. The summed E-state index contributed by atoms with van der Waals surface area (Å²) in [5.41, 5.74) is 0. The van der Waals surface area contributed by atoms with E-state index >= 15 is 0 Å². The van der Waals surface area contributed by atoms with Crippen LogP contribution in [-0.2, 0) is 9.59 Å². The van der Waals surface area contributed by atoms with Crippen LogP contribution in [0, 0.1) is 0 Å². The summed E-state index contributed by atoms with van der Waals surface area (Å²) >= 11 is 0. The van der Waals surface area contributed by atoms with Gasteiger partial charge in [0.1, 0.15) is 6.04 Å². The quantitative estimate of drug-likeness (QED) is 0.800. The first kappa shape index (κ1) is 15.6. The van der Waals surface area contributed by atoms with Crippen molar-refractivity contribution in [3.8, 4) is 0 Å². The molecule has 2 aliphatic rings. The van der Waals surface area contributed by atoms with E-state index < -0.39 is 12.0 Å². The molecule has 7 nitrogen and oxygen atoms in total. The zero-order valence-corrected chi connectivity index (χ0v) is 12.4. The molecule has 0 radical (unpaired) electrons. The number of likely N-dealkylation sites (tertiary alicyclic amines) is 1. The number of carboxylic acid groups (broad SMARTS) is 1. The monoisotopic (exact) mass is 297 g/mol. The topological polar surface area (TPSA) is 90.0 Å². The second-order valence-electron chi connectivity index (χ2n) is 5.72. The number of hydrogen-bond donors (Lipinski definition) is 2. The SMILES string of the molecule is CC1C(=O)NCCN1C(=O)N1CCCCC1CCC(=O)O. The summed E-state index contributed by atoms with van der Waals surface area (Å²) in [6, 6.07) is -0.625. The van der Waals surface area contributed by atoms with Crippen LogP contribution < -0.4 is 5.32 Å². The van der Waals surface area contributed by atoms with E-state index in [2.05, 4.69) is 5.32 Å². The van der Waals surface area contributed by atoms with Crippen LogP contribution in [0.25, 0.3) is 0 Å². The number of carbonyl (C=O) groups excluding carboxylic acids is 2. The number of carboxylic acids is 1. The van der Waals surface area contributed by atoms with Crippen molar-refractivity contribution in [3.63, 3.8) is 0 Å². The third-order valence-corrected chi connectivity index (χ3v) is 4.31. The van der Waals surface area contributed by atoms with Gasteiger partial charge in [0, 0.05) is 32.1 Å². The van der Waals surface area contributed by atoms with Crippen LogP contribution in [-0.4, -0.2) is 64.5 Å². The molecule has 2 rings (SSSR count). The van der Waals surface area contributed by atoms with Gasteiger partial charge in [0.2, 0.25) is 5.91 Å². The summed E-state index contributed by atoms with van der Waals surface area (Å²) in [6.45, 7) is 3.35. The van der Waals surface area contributed by atoms with Gasteiger partial charge in [0.15, 0.2) is 0 Å². The highest BCUT2D eigenvalue weighted by Crippen LogP contribution is 2.23. The molecule has 0 spiro atoms. The number of nitrogens with one attached hydrogen (secondary N) is 1. The fraction of sp³-hybridized carbons (Fsp3) is 0.786. The van der Waals surface area contributed by atoms with Gasteiger partial charge in [0.05, 0.1) is 0 Å². The Morgan fingerprint density at radius 2 is 2.05 bits per heavy atom. The number of aliphatic carboxylic acids is 1. The Labute approximate surface area is 124 Å². The molecular formula is C14H23N3O4. The zero-order valence-electron chi connectivity index (χ0n) is 12.4. The van der Waals surface area contributed by atoms with Gasteiger partial charge in [-0.2, -0.15) is 0 Å². The number of urea groups is 1. The average Bonchev–Trinajstić information content (AvgIpc) is 2.47. The molecule has 2 N–H and O–H groups in total. The van der Waals surface area contributed by atoms with Crippen molar-refractivity contribution in [2.75, 3.05) is 19.6 Å². The third-order valence-electron chi connectivity index (χ3n) is 4.31. The van der Waals surface area contributed by atoms with Gasteiger partial charge in [-0.3, -0.25) is 9.59 Å². The second-order valence-corrected chi connectivity index (χ2v) is 5.72. The molecule has 2 atom stereocenters. The number of amides is 3. The Kier molecular flexibility index (Phi) is 5.03. The van der Waals surface area contributed by atoms with E-state index in [1.54, 1.807) is 16.7 Å². The van der Waals surface area contributed by atoms with Crippen LogP contribution in [0.15, 0.2) is 0 Å². The lowest BCUT2D eigenvalue weighted by atomic mass is 9.98. The number of piperidine rings is 1. The maximum absolute atomic E-state index is 12.7. The summed E-state index contributed by atoms with van der Waals surface area (Å²) in [5, 5.41) is 11.6. The molecule has 0 aromatic carbocycles. The standard InChI is InChI=1S/C14H23N3O4/c1-10-13(20)15-7-9-16(10)14(21)17-8-3-2-4-11(17)5-6-12(18)19/h10-11H,2-9H2,1H3,(H,15,20)(H,18,19). The predicted molar refractivity (Wildman–Crippen MR) is 75.8 cm³/mol. The molecule has 2 fully saturated rings. The summed E-state index contributed by atoms with van der Waals surface area (Å²) in [4.78, 5) is 38.5. The number of rotatable bonds is 3. The molecule has 2 unspecified atom stereocenters. The first-order valence-corrected chi connectivity index (χ1v) is 7.57. The predicted octanol–water partition coefficient (Wildman–Crippen LogP) is 0.646. The fourth-order valence-corrected chi connectivity index (χ4v) is 3.05. The number of hydrogen-bond acceptors (Lipinski definition) is 3. The first-order valence-electron chi connectivity index (χ1n) is 7.57. The van der Waals surface area contributed by atoms with Gasteiger partial charge >= 0.3 is 12.0 Å². The highest BCUT2D eigenvalue weighted by molar-refractivity contribution is 5.88. The molecule has 2 saturated heterocycles. The van der Waals surface area contributed by atoms with E-state index in [-0.39, 0.29) is 24.4 Å². The number of nitrogens with zero attached hydrogens (tertiary/aromatic N) is 2. The van der Waals surface area contributed by atoms with Gasteiger partial charge in [-0.15, -0.1) is 0 Å². The molecule has 0 aliphatic carbocycles. The summed E-state index contributed by atoms with van der Waals surface area (Å²) in [7, 11) is 0. The molecule has 118 valence electrons. The maximum atomic E-state index is 12.7. The maximum Gasteiger partial charge on any atom is 0.320 e. The van der Waals surface area contributed by atoms with Crippen molar-refractivity contribution < 1.29 is 19.5 Å². The number of piperazine rings is 1. The second kappa shape index (κ2) is 6.78. The normalized spacial score (nSPS) is 26.4. The molecular weight excluding hydrogens is 274 g/mol. The van der Waals surface area contributed by atoms with Crippen molar-refractivity contribution in [3.05, 3.63) is 0 Å². The van der Waals surface area contributed by atoms with Crippen molar-refractivity contribution >= 4 is 17.9 Å². The summed E-state index contributed by atoms with van der Waals surface area (Å²) in [5.74, 6) is -0.965. The van der Waals surface area contributed by atoms with E-state index in [0.717, 1.165) is 19.3 Å². The molecule has 7 heteroatoms. The van der Waals surface area contributed by atoms with Gasteiger partial charge in [-0.25, -0.2) is 4.79 Å². The van der Waals surface area contributed by atoms with Crippen LogP contribution in [0.5, 0.6) is 0 Å². The Balaban J connectivity index is 2.03. The highest BCUT2D eigenvalue weighted by atomic mass is 16.4. The largest absolute Gasteiger partial charge is 0.481 e. The van der Waals surface area contributed by atoms with Crippen LogP contribution in [0.2, 0.25) is 0 Å². The minimum absolute atomic E-state index is 0.0282. The summed E-state index contributed by atoms with van der Waals surface area (Å²) < 4.78 is 0. The van der Waals surface area contributed by atoms with Gasteiger partial charge in [-0.1, -0.05) is 0 Å². The number of carbonyl (C=O) groups is 3. The van der Waals surface area contributed by atoms with Crippen LogP contribution >= 0.6 is 0 Å². The van der Waals surface area contributed by atoms with Gasteiger partial charge in [-0.05, 0) is 32.6 Å². The highest BCUT2D eigenvalue weighted by Gasteiger charge is 2.35. The Hall–Kier alpha value is -1.79. The van der Waals surface area contributed by atoms with Crippen LogP contribution in [0.3, 0.4) is 0 Å². The van der Waals surface area contributed by atoms with E-state index in [4.69, 9.17) is 5.11 Å². The lowest BCUT2D eigenvalue weighted by Gasteiger charge is -2.42. The smallest absolute Gasteiger partial charge is 0.320 e. The third kappa shape index (κ3) is 3.65. The van der Waals surface area contributed by atoms with Crippen LogP contribution in [0.1, 0.15) is 39.0 Å². The summed E-state index contributed by atoms with van der Waals surface area (Å²) in [6.07, 6.45) is 3.35. The minimum atomic E-state index is -0.835. The van der Waals surface area contributed by atoms with E-state index in [0.29, 0.717) is 26.1 Å². The Bertz CT molecular complexity index is 426. The molecule has 0 aromatic heterocycles. The van der Waals surface area contributed by atoms with Gasteiger partial charge < -0.3 is 20.2 Å². The van der Waals surface area contributed by atoms with Gasteiger partial charge in [0.25, 0.3) is 0 Å². The minimum Gasteiger partial charge on any atom is -0.481 e. The molecule has 0 bridgehead atoms. The zero-order chi connectivity index (χ0) is 15.4.